The molecule has 0 saturated heterocycles. The van der Waals surface area contributed by atoms with Crippen molar-refractivity contribution >= 4 is 5.69 Å². The van der Waals surface area contributed by atoms with Crippen LogP contribution in [0.4, 0.5) is 5.69 Å². The minimum atomic E-state index is -0.506. The first-order chi connectivity index (χ1) is 6.03. The topological polar surface area (TPSA) is 35.8 Å². The number of aryl methyl sites for hydroxylation is 1. The summed E-state index contributed by atoms with van der Waals surface area (Å²) in [7, 11) is 0. The maximum absolute atomic E-state index is 8.81. The first kappa shape index (κ1) is 9.60. The fraction of sp³-hybridized carbons (Fsp3) is 0.364. The number of anilines is 1. The summed E-state index contributed by atoms with van der Waals surface area (Å²) in [4.78, 5) is 0. The third kappa shape index (κ3) is 2.79. The van der Waals surface area contributed by atoms with Gasteiger partial charge >= 0.3 is 0 Å². The largest absolute Gasteiger partial charge is 0.368 e. The van der Waals surface area contributed by atoms with Gasteiger partial charge in [0.2, 0.25) is 0 Å². The third-order valence-electron chi connectivity index (χ3n) is 1.75. The van der Waals surface area contributed by atoms with Crippen molar-refractivity contribution in [2.45, 2.75) is 26.3 Å². The quantitative estimate of drug-likeness (QED) is 0.748. The van der Waals surface area contributed by atoms with Gasteiger partial charge in [-0.15, -0.1) is 0 Å². The Hall–Kier alpha value is -1.49. The van der Waals surface area contributed by atoms with Gasteiger partial charge in [-0.05, 0) is 38.5 Å². The molecule has 0 heterocycles. The number of rotatable bonds is 2. The molecule has 68 valence electrons. The Bertz CT molecular complexity index is 334. The monoisotopic (exact) mass is 174 g/mol. The Kier molecular flexibility index (Phi) is 2.57. The van der Waals surface area contributed by atoms with Crippen LogP contribution in [0.15, 0.2) is 24.3 Å². The molecule has 0 fully saturated rings. The zero-order valence-electron chi connectivity index (χ0n) is 8.26. The molecule has 2 nitrogen and oxygen atoms in total. The van der Waals surface area contributed by atoms with Crippen molar-refractivity contribution in [2.75, 3.05) is 5.32 Å². The van der Waals surface area contributed by atoms with E-state index in [1.54, 1.807) is 0 Å². The van der Waals surface area contributed by atoms with Crippen LogP contribution >= 0.6 is 0 Å². The van der Waals surface area contributed by atoms with E-state index in [-0.39, 0.29) is 0 Å². The Balaban J connectivity index is 2.82. The standard InChI is InChI=1S/C11H14N2/c1-9-5-4-6-10(7-9)13-11(2,3)8-12/h4-7,13H,1-3H3. The van der Waals surface area contributed by atoms with Gasteiger partial charge in [-0.3, -0.25) is 0 Å². The molecule has 0 saturated carbocycles. The molecule has 1 aromatic carbocycles. The molecule has 2 heteroatoms. The second-order valence-electron chi connectivity index (χ2n) is 3.73. The highest BCUT2D eigenvalue weighted by molar-refractivity contribution is 5.48. The second kappa shape index (κ2) is 3.49. The van der Waals surface area contributed by atoms with E-state index in [4.69, 9.17) is 5.26 Å². The summed E-state index contributed by atoms with van der Waals surface area (Å²) in [6.45, 7) is 5.75. The highest BCUT2D eigenvalue weighted by Crippen LogP contribution is 2.15. The molecule has 0 aliphatic heterocycles. The SMILES string of the molecule is Cc1cccc(NC(C)(C)C#N)c1. The molecule has 0 aromatic heterocycles. The van der Waals surface area contributed by atoms with E-state index in [1.807, 2.05) is 45.0 Å². The van der Waals surface area contributed by atoms with Crippen LogP contribution in [0.25, 0.3) is 0 Å². The Labute approximate surface area is 79.2 Å². The highest BCUT2D eigenvalue weighted by Gasteiger charge is 2.14. The molecule has 0 aliphatic carbocycles. The fourth-order valence-electron chi connectivity index (χ4n) is 1.11. The van der Waals surface area contributed by atoms with Gasteiger partial charge in [0.1, 0.15) is 5.54 Å². The van der Waals surface area contributed by atoms with Crippen molar-refractivity contribution in [2.24, 2.45) is 0 Å². The predicted octanol–water partition coefficient (Wildman–Crippen LogP) is 2.71. The molecule has 1 rings (SSSR count). The molecule has 0 atom stereocenters. The van der Waals surface area contributed by atoms with Crippen molar-refractivity contribution in [3.63, 3.8) is 0 Å². The molecular formula is C11H14N2. The van der Waals surface area contributed by atoms with Crippen LogP contribution in [0, 0.1) is 18.3 Å². The van der Waals surface area contributed by atoms with Crippen molar-refractivity contribution < 1.29 is 0 Å². The zero-order valence-corrected chi connectivity index (χ0v) is 8.26. The lowest BCUT2D eigenvalue weighted by molar-refractivity contribution is 0.729. The molecule has 1 N–H and O–H groups in total. The smallest absolute Gasteiger partial charge is 0.119 e. The van der Waals surface area contributed by atoms with Gasteiger partial charge in [-0.1, -0.05) is 12.1 Å². The van der Waals surface area contributed by atoms with E-state index in [1.165, 1.54) is 5.56 Å². The van der Waals surface area contributed by atoms with Crippen LogP contribution in [0.5, 0.6) is 0 Å². The molecule has 13 heavy (non-hydrogen) atoms. The van der Waals surface area contributed by atoms with E-state index in [9.17, 15) is 0 Å². The molecule has 0 radical (unpaired) electrons. The van der Waals surface area contributed by atoms with Crippen LogP contribution in [0.1, 0.15) is 19.4 Å². The van der Waals surface area contributed by atoms with Crippen molar-refractivity contribution in [3.05, 3.63) is 29.8 Å². The molecule has 0 aliphatic rings. The van der Waals surface area contributed by atoms with E-state index in [0.717, 1.165) is 5.69 Å². The number of nitrogens with one attached hydrogen (secondary N) is 1. The van der Waals surface area contributed by atoms with Gasteiger partial charge < -0.3 is 5.32 Å². The third-order valence-corrected chi connectivity index (χ3v) is 1.75. The molecule has 0 bridgehead atoms. The van der Waals surface area contributed by atoms with Crippen molar-refractivity contribution in [1.29, 1.82) is 5.26 Å². The molecule has 1 aromatic rings. The predicted molar refractivity (Wildman–Crippen MR) is 54.5 cm³/mol. The summed E-state index contributed by atoms with van der Waals surface area (Å²) in [6.07, 6.45) is 0. The summed E-state index contributed by atoms with van der Waals surface area (Å²) in [5, 5.41) is 12.0. The number of nitrogens with zero attached hydrogens (tertiary/aromatic N) is 1. The van der Waals surface area contributed by atoms with Gasteiger partial charge in [0.25, 0.3) is 0 Å². The average Bonchev–Trinajstić information content (AvgIpc) is 2.03. The second-order valence-corrected chi connectivity index (χ2v) is 3.73. The van der Waals surface area contributed by atoms with Crippen LogP contribution in [0.2, 0.25) is 0 Å². The zero-order chi connectivity index (χ0) is 9.90. The van der Waals surface area contributed by atoms with Gasteiger partial charge in [-0.2, -0.15) is 5.26 Å². The maximum atomic E-state index is 8.81. The Morgan fingerprint density at radius 2 is 2.08 bits per heavy atom. The van der Waals surface area contributed by atoms with Crippen molar-refractivity contribution in [3.8, 4) is 6.07 Å². The minimum Gasteiger partial charge on any atom is -0.368 e. The minimum absolute atomic E-state index is 0.506. The molecular weight excluding hydrogens is 160 g/mol. The summed E-state index contributed by atoms with van der Waals surface area (Å²) in [5.74, 6) is 0. The summed E-state index contributed by atoms with van der Waals surface area (Å²) in [5.41, 5.74) is 1.68. The maximum Gasteiger partial charge on any atom is 0.119 e. The van der Waals surface area contributed by atoms with Crippen LogP contribution in [0.3, 0.4) is 0 Å². The van der Waals surface area contributed by atoms with Crippen LogP contribution in [-0.4, -0.2) is 5.54 Å². The Morgan fingerprint density at radius 1 is 1.38 bits per heavy atom. The lowest BCUT2D eigenvalue weighted by atomic mass is 10.1. The van der Waals surface area contributed by atoms with E-state index in [2.05, 4.69) is 11.4 Å². The first-order valence-corrected chi connectivity index (χ1v) is 4.29. The number of hydrogen-bond donors (Lipinski definition) is 1. The van der Waals surface area contributed by atoms with Gasteiger partial charge in [0.05, 0.1) is 6.07 Å². The normalized spacial score (nSPS) is 10.6. The van der Waals surface area contributed by atoms with E-state index in [0.29, 0.717) is 0 Å². The van der Waals surface area contributed by atoms with Gasteiger partial charge in [-0.25, -0.2) is 0 Å². The lowest BCUT2D eigenvalue weighted by Crippen LogP contribution is -2.28. The lowest BCUT2D eigenvalue weighted by Gasteiger charge is -2.19. The highest BCUT2D eigenvalue weighted by atomic mass is 15.0. The summed E-state index contributed by atoms with van der Waals surface area (Å²) in [6, 6.07) is 10.2. The number of nitriles is 1. The van der Waals surface area contributed by atoms with Gasteiger partial charge in [0.15, 0.2) is 0 Å². The Morgan fingerprint density at radius 3 is 2.62 bits per heavy atom. The van der Waals surface area contributed by atoms with E-state index < -0.39 is 5.54 Å². The number of hydrogen-bond acceptors (Lipinski definition) is 2. The molecule has 0 amide bonds. The van der Waals surface area contributed by atoms with Crippen molar-refractivity contribution in [1.82, 2.24) is 0 Å². The van der Waals surface area contributed by atoms with Crippen LogP contribution < -0.4 is 5.32 Å². The molecule has 0 unspecified atom stereocenters. The summed E-state index contributed by atoms with van der Waals surface area (Å²) < 4.78 is 0. The van der Waals surface area contributed by atoms with Gasteiger partial charge in [0, 0.05) is 5.69 Å². The number of benzene rings is 1. The van der Waals surface area contributed by atoms with Crippen LogP contribution in [-0.2, 0) is 0 Å². The fourth-order valence-corrected chi connectivity index (χ4v) is 1.11. The summed E-state index contributed by atoms with van der Waals surface area (Å²) >= 11 is 0. The average molecular weight is 174 g/mol. The van der Waals surface area contributed by atoms with E-state index >= 15 is 0 Å². The first-order valence-electron chi connectivity index (χ1n) is 4.29. The molecule has 0 spiro atoms.